The van der Waals surface area contributed by atoms with Gasteiger partial charge in [-0.05, 0) is 24.7 Å². The van der Waals surface area contributed by atoms with Crippen molar-refractivity contribution in [2.75, 3.05) is 6.54 Å². The number of rotatable bonds is 3. The molecule has 0 unspecified atom stereocenters. The maximum Gasteiger partial charge on any atom is 0.0924 e. The smallest absolute Gasteiger partial charge is 0.0924 e. The molecule has 0 spiro atoms. The normalized spacial score (nSPS) is 10.4. The van der Waals surface area contributed by atoms with E-state index in [4.69, 9.17) is 5.73 Å². The first-order valence-electron chi connectivity index (χ1n) is 4.55. The van der Waals surface area contributed by atoms with Gasteiger partial charge in [0.15, 0.2) is 0 Å². The van der Waals surface area contributed by atoms with Crippen molar-refractivity contribution >= 4 is 0 Å². The van der Waals surface area contributed by atoms with Gasteiger partial charge in [0.25, 0.3) is 0 Å². The Labute approximate surface area is 82.2 Å². The second kappa shape index (κ2) is 4.02. The van der Waals surface area contributed by atoms with Crippen molar-refractivity contribution in [2.24, 2.45) is 5.73 Å². The molecule has 0 aliphatic heterocycles. The van der Waals surface area contributed by atoms with E-state index in [1.54, 1.807) is 12.4 Å². The van der Waals surface area contributed by atoms with Gasteiger partial charge in [0.2, 0.25) is 0 Å². The summed E-state index contributed by atoms with van der Waals surface area (Å²) in [4.78, 5) is 3.96. The monoisotopic (exact) mass is 188 g/mol. The second-order valence-electron chi connectivity index (χ2n) is 3.05. The van der Waals surface area contributed by atoms with Gasteiger partial charge >= 0.3 is 0 Å². The van der Waals surface area contributed by atoms with Crippen LogP contribution in [0.15, 0.2) is 30.6 Å². The second-order valence-corrected chi connectivity index (χ2v) is 3.05. The Kier molecular flexibility index (Phi) is 2.55. The molecular formula is C10H12N4. The van der Waals surface area contributed by atoms with Crippen molar-refractivity contribution in [3.63, 3.8) is 0 Å². The molecule has 0 fully saturated rings. The lowest BCUT2D eigenvalue weighted by Gasteiger charge is -1.92. The van der Waals surface area contributed by atoms with Crippen LogP contribution in [0.1, 0.15) is 5.69 Å². The molecule has 4 heteroatoms. The Morgan fingerprint density at radius 1 is 1.29 bits per heavy atom. The summed E-state index contributed by atoms with van der Waals surface area (Å²) in [6, 6.07) is 5.88. The minimum Gasteiger partial charge on any atom is -0.330 e. The van der Waals surface area contributed by atoms with E-state index >= 15 is 0 Å². The van der Waals surface area contributed by atoms with Crippen LogP contribution in [0.3, 0.4) is 0 Å². The average molecular weight is 188 g/mol. The van der Waals surface area contributed by atoms with Crippen molar-refractivity contribution in [1.82, 2.24) is 15.2 Å². The number of nitrogens with one attached hydrogen (secondary N) is 1. The van der Waals surface area contributed by atoms with Crippen molar-refractivity contribution < 1.29 is 0 Å². The van der Waals surface area contributed by atoms with Crippen LogP contribution < -0.4 is 5.73 Å². The molecule has 0 bridgehead atoms. The molecule has 0 aliphatic rings. The highest BCUT2D eigenvalue weighted by Gasteiger charge is 2.01. The van der Waals surface area contributed by atoms with E-state index in [1.165, 1.54) is 0 Å². The number of hydrogen-bond acceptors (Lipinski definition) is 3. The SMILES string of the molecule is NCCc1cc(-c2ccncc2)n[nH]1. The molecule has 0 radical (unpaired) electrons. The van der Waals surface area contributed by atoms with Gasteiger partial charge in [0.05, 0.1) is 5.69 Å². The molecule has 0 amide bonds. The van der Waals surface area contributed by atoms with E-state index in [1.807, 2.05) is 18.2 Å². The first-order valence-corrected chi connectivity index (χ1v) is 4.55. The van der Waals surface area contributed by atoms with Crippen molar-refractivity contribution in [3.8, 4) is 11.3 Å². The molecule has 2 rings (SSSR count). The molecule has 0 atom stereocenters. The lowest BCUT2D eigenvalue weighted by Crippen LogP contribution is -2.02. The summed E-state index contributed by atoms with van der Waals surface area (Å²) >= 11 is 0. The first-order chi connectivity index (χ1) is 6.90. The summed E-state index contributed by atoms with van der Waals surface area (Å²) in [7, 11) is 0. The summed E-state index contributed by atoms with van der Waals surface area (Å²) < 4.78 is 0. The van der Waals surface area contributed by atoms with Crippen molar-refractivity contribution in [3.05, 3.63) is 36.3 Å². The van der Waals surface area contributed by atoms with Gasteiger partial charge in [0.1, 0.15) is 0 Å². The first kappa shape index (κ1) is 8.90. The lowest BCUT2D eigenvalue weighted by molar-refractivity contribution is 0.902. The number of nitrogens with two attached hydrogens (primary N) is 1. The number of H-pyrrole nitrogens is 1. The molecule has 2 heterocycles. The molecule has 0 aliphatic carbocycles. The Hall–Kier alpha value is -1.68. The van der Waals surface area contributed by atoms with Gasteiger partial charge in [-0.25, -0.2) is 0 Å². The summed E-state index contributed by atoms with van der Waals surface area (Å²) in [6.45, 7) is 0.637. The van der Waals surface area contributed by atoms with Gasteiger partial charge in [-0.1, -0.05) is 0 Å². The summed E-state index contributed by atoms with van der Waals surface area (Å²) in [5.41, 5.74) is 8.53. The van der Waals surface area contributed by atoms with Crippen LogP contribution in [-0.2, 0) is 6.42 Å². The topological polar surface area (TPSA) is 67.6 Å². The fourth-order valence-electron chi connectivity index (χ4n) is 1.32. The maximum absolute atomic E-state index is 5.45. The molecule has 3 N–H and O–H groups in total. The van der Waals surface area contributed by atoms with Crippen LogP contribution in [0.2, 0.25) is 0 Å². The minimum absolute atomic E-state index is 0.637. The third-order valence-corrected chi connectivity index (χ3v) is 2.02. The fraction of sp³-hybridized carbons (Fsp3) is 0.200. The number of pyridine rings is 1. The van der Waals surface area contributed by atoms with E-state index in [9.17, 15) is 0 Å². The third-order valence-electron chi connectivity index (χ3n) is 2.02. The Morgan fingerprint density at radius 2 is 2.07 bits per heavy atom. The number of aromatic nitrogens is 3. The van der Waals surface area contributed by atoms with E-state index in [0.29, 0.717) is 6.54 Å². The highest BCUT2D eigenvalue weighted by molar-refractivity contribution is 5.58. The highest BCUT2D eigenvalue weighted by Crippen LogP contribution is 2.15. The maximum atomic E-state index is 5.45. The van der Waals surface area contributed by atoms with E-state index in [2.05, 4.69) is 15.2 Å². The zero-order valence-corrected chi connectivity index (χ0v) is 7.77. The van der Waals surface area contributed by atoms with Gasteiger partial charge in [-0.3, -0.25) is 10.1 Å². The Balaban J connectivity index is 2.25. The van der Waals surface area contributed by atoms with Gasteiger partial charge in [0, 0.05) is 30.1 Å². The highest BCUT2D eigenvalue weighted by atomic mass is 15.1. The number of aromatic amines is 1. The van der Waals surface area contributed by atoms with E-state index in [0.717, 1.165) is 23.4 Å². The van der Waals surface area contributed by atoms with Crippen molar-refractivity contribution in [1.29, 1.82) is 0 Å². The molecule has 14 heavy (non-hydrogen) atoms. The Morgan fingerprint density at radius 3 is 2.79 bits per heavy atom. The standard InChI is InChI=1S/C10H12N4/c11-4-1-9-7-10(14-13-9)8-2-5-12-6-3-8/h2-3,5-7H,1,4,11H2,(H,13,14). The minimum atomic E-state index is 0.637. The van der Waals surface area contributed by atoms with E-state index < -0.39 is 0 Å². The van der Waals surface area contributed by atoms with Crippen LogP contribution in [-0.4, -0.2) is 21.7 Å². The zero-order chi connectivity index (χ0) is 9.80. The number of hydrogen-bond donors (Lipinski definition) is 2. The zero-order valence-electron chi connectivity index (χ0n) is 7.77. The van der Waals surface area contributed by atoms with Crippen molar-refractivity contribution in [2.45, 2.75) is 6.42 Å². The summed E-state index contributed by atoms with van der Waals surface area (Å²) in [5, 5.41) is 7.15. The fourth-order valence-corrected chi connectivity index (χ4v) is 1.32. The predicted molar refractivity (Wildman–Crippen MR) is 54.6 cm³/mol. The third kappa shape index (κ3) is 1.80. The van der Waals surface area contributed by atoms with Crippen LogP contribution in [0.25, 0.3) is 11.3 Å². The molecule has 72 valence electrons. The molecule has 0 aromatic carbocycles. The summed E-state index contributed by atoms with van der Waals surface area (Å²) in [6.07, 6.45) is 4.34. The van der Waals surface area contributed by atoms with Gasteiger partial charge < -0.3 is 5.73 Å². The average Bonchev–Trinajstić information content (AvgIpc) is 2.68. The molecule has 2 aromatic rings. The molecule has 4 nitrogen and oxygen atoms in total. The molecule has 0 saturated heterocycles. The van der Waals surface area contributed by atoms with Crippen LogP contribution >= 0.6 is 0 Å². The predicted octanol–water partition coefficient (Wildman–Crippen LogP) is 0.973. The number of nitrogens with zero attached hydrogens (tertiary/aromatic N) is 2. The molecule has 0 saturated carbocycles. The summed E-state index contributed by atoms with van der Waals surface area (Å²) in [5.74, 6) is 0. The molecular weight excluding hydrogens is 176 g/mol. The largest absolute Gasteiger partial charge is 0.330 e. The van der Waals surface area contributed by atoms with Gasteiger partial charge in [-0.15, -0.1) is 0 Å². The quantitative estimate of drug-likeness (QED) is 0.754. The van der Waals surface area contributed by atoms with E-state index in [-0.39, 0.29) is 0 Å². The Bertz CT molecular complexity index is 394. The van der Waals surface area contributed by atoms with Crippen LogP contribution in [0.5, 0.6) is 0 Å². The molecule has 2 aromatic heterocycles. The van der Waals surface area contributed by atoms with Gasteiger partial charge in [-0.2, -0.15) is 5.10 Å². The van der Waals surface area contributed by atoms with Crippen LogP contribution in [0.4, 0.5) is 0 Å². The lowest BCUT2D eigenvalue weighted by atomic mass is 10.2. The van der Waals surface area contributed by atoms with Crippen LogP contribution in [0, 0.1) is 0 Å².